The van der Waals surface area contributed by atoms with E-state index in [9.17, 15) is 14.0 Å². The van der Waals surface area contributed by atoms with E-state index in [-0.39, 0.29) is 24.7 Å². The van der Waals surface area contributed by atoms with Gasteiger partial charge in [-0.25, -0.2) is 4.39 Å². The molecule has 0 aliphatic carbocycles. The van der Waals surface area contributed by atoms with Crippen molar-refractivity contribution in [3.05, 3.63) is 35.6 Å². The molecule has 1 aromatic rings. The molecule has 1 atom stereocenters. The molecule has 2 rings (SSSR count). The molecule has 1 unspecified atom stereocenters. The minimum absolute atomic E-state index is 0.176. The molecule has 6 heteroatoms. The smallest absolute Gasteiger partial charge is 0.305 e. The second-order valence-corrected chi connectivity index (χ2v) is 4.95. The van der Waals surface area contributed by atoms with Crippen LogP contribution in [0.3, 0.4) is 0 Å². The Labute approximate surface area is 116 Å². The minimum Gasteiger partial charge on any atom is -0.481 e. The van der Waals surface area contributed by atoms with Gasteiger partial charge >= 0.3 is 5.97 Å². The topological polar surface area (TPSA) is 60.9 Å². The zero-order chi connectivity index (χ0) is 14.7. The number of benzene rings is 1. The van der Waals surface area contributed by atoms with Crippen LogP contribution in [0.1, 0.15) is 12.0 Å². The molecule has 0 radical (unpaired) electrons. The van der Waals surface area contributed by atoms with E-state index in [2.05, 4.69) is 0 Å². The van der Waals surface area contributed by atoms with Gasteiger partial charge in [0.2, 0.25) is 5.91 Å². The number of likely N-dealkylation sites (N-methyl/N-ethyl adjacent to an activating group) is 1. The molecule has 1 fully saturated rings. The highest BCUT2D eigenvalue weighted by molar-refractivity contribution is 5.86. The van der Waals surface area contributed by atoms with Crippen LogP contribution in [0.4, 0.5) is 4.39 Å². The van der Waals surface area contributed by atoms with E-state index in [1.165, 1.54) is 11.0 Å². The Morgan fingerprint density at radius 2 is 2.10 bits per heavy atom. The van der Waals surface area contributed by atoms with Crippen LogP contribution in [0.25, 0.3) is 0 Å². The largest absolute Gasteiger partial charge is 0.481 e. The van der Waals surface area contributed by atoms with Crippen molar-refractivity contribution in [2.75, 3.05) is 20.1 Å². The predicted molar refractivity (Wildman–Crippen MR) is 70.5 cm³/mol. The van der Waals surface area contributed by atoms with E-state index in [0.717, 1.165) is 0 Å². The molecule has 1 aliphatic rings. The summed E-state index contributed by atoms with van der Waals surface area (Å²) in [7, 11) is 1.73. The molecule has 108 valence electrons. The monoisotopic (exact) mass is 280 g/mol. The van der Waals surface area contributed by atoms with Gasteiger partial charge in [-0.3, -0.25) is 14.5 Å². The Morgan fingerprint density at radius 3 is 2.75 bits per heavy atom. The van der Waals surface area contributed by atoms with E-state index in [1.54, 1.807) is 30.1 Å². The normalized spacial score (nSPS) is 20.2. The summed E-state index contributed by atoms with van der Waals surface area (Å²) in [6.45, 7) is 1.23. The van der Waals surface area contributed by atoms with E-state index in [1.807, 2.05) is 0 Å². The molecule has 5 nitrogen and oxygen atoms in total. The number of nitrogens with zero attached hydrogens (tertiary/aromatic N) is 2. The SMILES string of the molecule is CN1CCN(Cc2ccccc2F)C(=O)C1CC(=O)O. The average molecular weight is 280 g/mol. The van der Waals surface area contributed by atoms with Gasteiger partial charge in [-0.1, -0.05) is 18.2 Å². The Morgan fingerprint density at radius 1 is 1.40 bits per heavy atom. The Hall–Kier alpha value is -1.95. The fourth-order valence-corrected chi connectivity index (χ4v) is 2.34. The number of carboxylic acids is 1. The average Bonchev–Trinajstić information content (AvgIpc) is 2.40. The molecule has 1 saturated heterocycles. The molecule has 0 saturated carbocycles. The lowest BCUT2D eigenvalue weighted by atomic mass is 10.1. The van der Waals surface area contributed by atoms with Crippen LogP contribution in [0, 0.1) is 5.82 Å². The molecule has 1 N–H and O–H groups in total. The first-order valence-electron chi connectivity index (χ1n) is 6.43. The maximum absolute atomic E-state index is 13.6. The molecule has 1 amide bonds. The fourth-order valence-electron chi connectivity index (χ4n) is 2.34. The second-order valence-electron chi connectivity index (χ2n) is 4.95. The molecule has 1 heterocycles. The second kappa shape index (κ2) is 6.00. The first kappa shape index (κ1) is 14.5. The zero-order valence-corrected chi connectivity index (χ0v) is 11.3. The number of rotatable bonds is 4. The molecule has 20 heavy (non-hydrogen) atoms. The summed E-state index contributed by atoms with van der Waals surface area (Å²) in [5.74, 6) is -1.62. The molecule has 1 aliphatic heterocycles. The van der Waals surface area contributed by atoms with Crippen molar-refractivity contribution in [3.63, 3.8) is 0 Å². The summed E-state index contributed by atoms with van der Waals surface area (Å²) in [4.78, 5) is 26.4. The van der Waals surface area contributed by atoms with Gasteiger partial charge in [0.05, 0.1) is 12.5 Å². The minimum atomic E-state index is -1.01. The van der Waals surface area contributed by atoms with Crippen LogP contribution in [0.2, 0.25) is 0 Å². The van der Waals surface area contributed by atoms with Crippen molar-refractivity contribution >= 4 is 11.9 Å². The van der Waals surface area contributed by atoms with Gasteiger partial charge in [-0.05, 0) is 13.1 Å². The Bertz CT molecular complexity index is 521. The van der Waals surface area contributed by atoms with Crippen molar-refractivity contribution in [3.8, 4) is 0 Å². The Kier molecular flexibility index (Phi) is 4.34. The lowest BCUT2D eigenvalue weighted by Gasteiger charge is -2.38. The van der Waals surface area contributed by atoms with Crippen LogP contribution in [-0.4, -0.2) is 53.0 Å². The quantitative estimate of drug-likeness (QED) is 0.892. The predicted octanol–water partition coefficient (Wildman–Crippen LogP) is 0.943. The van der Waals surface area contributed by atoms with Crippen LogP contribution in [0.5, 0.6) is 0 Å². The number of carboxylic acid groups (broad SMARTS) is 1. The molecule has 0 bridgehead atoms. The van der Waals surface area contributed by atoms with E-state index in [0.29, 0.717) is 18.7 Å². The molecule has 1 aromatic carbocycles. The molecular formula is C14H17FN2O3. The molecular weight excluding hydrogens is 263 g/mol. The van der Waals surface area contributed by atoms with Crippen molar-refractivity contribution in [2.24, 2.45) is 0 Å². The number of hydrogen-bond acceptors (Lipinski definition) is 3. The summed E-state index contributed by atoms with van der Waals surface area (Å²) < 4.78 is 13.6. The fraction of sp³-hybridized carbons (Fsp3) is 0.429. The van der Waals surface area contributed by atoms with Gasteiger partial charge in [0.15, 0.2) is 0 Å². The van der Waals surface area contributed by atoms with Crippen molar-refractivity contribution in [1.82, 2.24) is 9.80 Å². The van der Waals surface area contributed by atoms with Crippen LogP contribution < -0.4 is 0 Å². The number of halogens is 1. The third-order valence-electron chi connectivity index (χ3n) is 3.54. The number of amides is 1. The van der Waals surface area contributed by atoms with Gasteiger partial charge in [0.1, 0.15) is 5.82 Å². The van der Waals surface area contributed by atoms with Crippen molar-refractivity contribution in [2.45, 2.75) is 19.0 Å². The van der Waals surface area contributed by atoms with Gasteiger partial charge < -0.3 is 10.0 Å². The maximum Gasteiger partial charge on any atom is 0.305 e. The number of hydrogen-bond donors (Lipinski definition) is 1. The first-order chi connectivity index (χ1) is 9.49. The Balaban J connectivity index is 2.11. The van der Waals surface area contributed by atoms with Crippen LogP contribution in [-0.2, 0) is 16.1 Å². The van der Waals surface area contributed by atoms with Crippen molar-refractivity contribution in [1.29, 1.82) is 0 Å². The lowest BCUT2D eigenvalue weighted by molar-refractivity contribution is -0.149. The number of piperazine rings is 1. The van der Waals surface area contributed by atoms with Gasteiger partial charge in [-0.2, -0.15) is 0 Å². The molecule has 0 aromatic heterocycles. The summed E-state index contributed by atoms with van der Waals surface area (Å²) in [5, 5.41) is 8.86. The van der Waals surface area contributed by atoms with Crippen LogP contribution >= 0.6 is 0 Å². The van der Waals surface area contributed by atoms with E-state index in [4.69, 9.17) is 5.11 Å². The highest BCUT2D eigenvalue weighted by Gasteiger charge is 2.34. The number of carbonyl (C=O) groups is 2. The highest BCUT2D eigenvalue weighted by Crippen LogP contribution is 2.17. The van der Waals surface area contributed by atoms with Gasteiger partial charge in [-0.15, -0.1) is 0 Å². The van der Waals surface area contributed by atoms with Crippen molar-refractivity contribution < 1.29 is 19.1 Å². The summed E-state index contributed by atoms with van der Waals surface area (Å²) >= 11 is 0. The summed E-state index contributed by atoms with van der Waals surface area (Å²) in [5.41, 5.74) is 0.444. The maximum atomic E-state index is 13.6. The van der Waals surface area contributed by atoms with E-state index < -0.39 is 12.0 Å². The molecule has 0 spiro atoms. The number of aliphatic carboxylic acids is 1. The van der Waals surface area contributed by atoms with E-state index >= 15 is 0 Å². The summed E-state index contributed by atoms with van der Waals surface area (Å²) in [6.07, 6.45) is -0.233. The lowest BCUT2D eigenvalue weighted by Crippen LogP contribution is -2.55. The standard InChI is InChI=1S/C14H17FN2O3/c1-16-6-7-17(14(20)12(16)8-13(18)19)9-10-4-2-3-5-11(10)15/h2-5,12H,6-9H2,1H3,(H,18,19). The first-order valence-corrected chi connectivity index (χ1v) is 6.43. The third-order valence-corrected chi connectivity index (χ3v) is 3.54. The number of carbonyl (C=O) groups excluding carboxylic acids is 1. The zero-order valence-electron chi connectivity index (χ0n) is 11.3. The van der Waals surface area contributed by atoms with Gasteiger partial charge in [0, 0.05) is 25.2 Å². The van der Waals surface area contributed by atoms with Gasteiger partial charge in [0.25, 0.3) is 0 Å². The van der Waals surface area contributed by atoms with Crippen LogP contribution in [0.15, 0.2) is 24.3 Å². The summed E-state index contributed by atoms with van der Waals surface area (Å²) in [6, 6.07) is 5.62. The highest BCUT2D eigenvalue weighted by atomic mass is 19.1. The third kappa shape index (κ3) is 3.14.